The number of aliphatic hydroxyl groups excluding tert-OH is 1. The highest BCUT2D eigenvalue weighted by Gasteiger charge is 2.14. The number of nitrogens with one attached hydrogen (secondary N) is 1. The minimum atomic E-state index is -0.389. The lowest BCUT2D eigenvalue weighted by molar-refractivity contribution is 0.0941. The van der Waals surface area contributed by atoms with Crippen LogP contribution in [0.5, 0.6) is 0 Å². The smallest absolute Gasteiger partial charge is 0.273 e. The number of halogens is 1. The van der Waals surface area contributed by atoms with Gasteiger partial charge >= 0.3 is 0 Å². The lowest BCUT2D eigenvalue weighted by Gasteiger charge is -2.07. The van der Waals surface area contributed by atoms with Crippen LogP contribution in [0.1, 0.15) is 21.6 Å². The Morgan fingerprint density at radius 1 is 1.12 bits per heavy atom. The van der Waals surface area contributed by atoms with Gasteiger partial charge in [0.15, 0.2) is 11.5 Å². The van der Waals surface area contributed by atoms with Crippen LogP contribution in [0, 0.1) is 5.82 Å². The number of rotatable bonds is 5. The average Bonchev–Trinajstić information content (AvgIpc) is 3.10. The van der Waals surface area contributed by atoms with Crippen LogP contribution in [0.2, 0.25) is 0 Å². The molecule has 0 fully saturated rings. The van der Waals surface area contributed by atoms with Crippen LogP contribution in [0.3, 0.4) is 0 Å². The van der Waals surface area contributed by atoms with Gasteiger partial charge in [0.2, 0.25) is 0 Å². The molecule has 2 N–H and O–H groups in total. The Hall–Kier alpha value is -2.99. The van der Waals surface area contributed by atoms with E-state index in [2.05, 4.69) is 10.5 Å². The number of amides is 1. The van der Waals surface area contributed by atoms with Crippen LogP contribution in [-0.2, 0) is 13.2 Å². The van der Waals surface area contributed by atoms with Crippen LogP contribution >= 0.6 is 0 Å². The first-order valence-corrected chi connectivity index (χ1v) is 7.36. The largest absolute Gasteiger partial charge is 0.392 e. The first kappa shape index (κ1) is 15.9. The van der Waals surface area contributed by atoms with Gasteiger partial charge in [0.1, 0.15) is 5.82 Å². The molecule has 0 spiro atoms. The molecular weight excluding hydrogens is 311 g/mol. The third-order valence-corrected chi connectivity index (χ3v) is 3.60. The van der Waals surface area contributed by atoms with Gasteiger partial charge < -0.3 is 14.9 Å². The molecule has 3 aromatic rings. The van der Waals surface area contributed by atoms with Crippen molar-refractivity contribution in [3.05, 3.63) is 77.2 Å². The zero-order valence-corrected chi connectivity index (χ0v) is 12.7. The van der Waals surface area contributed by atoms with E-state index in [1.54, 1.807) is 18.2 Å². The van der Waals surface area contributed by atoms with E-state index >= 15 is 0 Å². The van der Waals surface area contributed by atoms with E-state index in [1.165, 1.54) is 18.2 Å². The fraction of sp³-hybridized carbons (Fsp3) is 0.111. The summed E-state index contributed by atoms with van der Waals surface area (Å²) in [6.45, 7) is 0.180. The first-order valence-electron chi connectivity index (χ1n) is 7.36. The number of aromatic nitrogens is 1. The van der Waals surface area contributed by atoms with E-state index in [0.29, 0.717) is 11.3 Å². The summed E-state index contributed by atoms with van der Waals surface area (Å²) < 4.78 is 18.1. The number of carbonyl (C=O) groups is 1. The summed E-state index contributed by atoms with van der Waals surface area (Å²) in [4.78, 5) is 12.2. The van der Waals surface area contributed by atoms with Crippen molar-refractivity contribution in [1.82, 2.24) is 10.5 Å². The Morgan fingerprint density at radius 3 is 2.54 bits per heavy atom. The Kier molecular flexibility index (Phi) is 4.67. The van der Waals surface area contributed by atoms with Crippen LogP contribution in [0.15, 0.2) is 59.1 Å². The summed E-state index contributed by atoms with van der Waals surface area (Å²) in [6, 6.07) is 14.5. The Labute approximate surface area is 137 Å². The molecule has 122 valence electrons. The summed E-state index contributed by atoms with van der Waals surface area (Å²) in [5, 5.41) is 15.8. The van der Waals surface area contributed by atoms with Gasteiger partial charge in [-0.1, -0.05) is 29.4 Å². The van der Waals surface area contributed by atoms with Gasteiger partial charge in [-0.15, -0.1) is 0 Å². The highest BCUT2D eigenvalue weighted by atomic mass is 19.1. The van der Waals surface area contributed by atoms with Crippen molar-refractivity contribution in [3.63, 3.8) is 0 Å². The molecule has 0 radical (unpaired) electrons. The fourth-order valence-corrected chi connectivity index (χ4v) is 2.28. The summed E-state index contributed by atoms with van der Waals surface area (Å²) in [5.74, 6) is -0.352. The van der Waals surface area contributed by atoms with E-state index < -0.39 is 0 Å². The molecule has 0 bridgehead atoms. The number of aliphatic hydroxyl groups is 1. The molecule has 5 nitrogen and oxygen atoms in total. The van der Waals surface area contributed by atoms with Crippen molar-refractivity contribution in [3.8, 4) is 11.3 Å². The van der Waals surface area contributed by atoms with Gasteiger partial charge in [-0.3, -0.25) is 4.79 Å². The molecule has 1 aromatic heterocycles. The van der Waals surface area contributed by atoms with E-state index in [1.807, 2.05) is 18.2 Å². The monoisotopic (exact) mass is 326 g/mol. The number of hydrogen-bond acceptors (Lipinski definition) is 4. The Morgan fingerprint density at radius 2 is 1.83 bits per heavy atom. The van der Waals surface area contributed by atoms with E-state index in [0.717, 1.165) is 11.1 Å². The predicted molar refractivity (Wildman–Crippen MR) is 85.4 cm³/mol. The molecule has 0 aliphatic heterocycles. The topological polar surface area (TPSA) is 75.4 Å². The zero-order valence-electron chi connectivity index (χ0n) is 12.7. The molecule has 0 aliphatic rings. The fourth-order valence-electron chi connectivity index (χ4n) is 2.28. The molecule has 0 unspecified atom stereocenters. The normalized spacial score (nSPS) is 10.6. The summed E-state index contributed by atoms with van der Waals surface area (Å²) in [6.07, 6.45) is 0. The summed E-state index contributed by atoms with van der Waals surface area (Å²) in [5.41, 5.74) is 2.35. The van der Waals surface area contributed by atoms with Gasteiger partial charge in [-0.25, -0.2) is 4.39 Å². The second-order valence-electron chi connectivity index (χ2n) is 5.19. The van der Waals surface area contributed by atoms with E-state index in [9.17, 15) is 14.3 Å². The van der Waals surface area contributed by atoms with Crippen molar-refractivity contribution in [2.45, 2.75) is 13.2 Å². The number of carbonyl (C=O) groups excluding carboxylic acids is 1. The molecule has 2 aromatic carbocycles. The quantitative estimate of drug-likeness (QED) is 0.756. The average molecular weight is 326 g/mol. The molecule has 1 amide bonds. The van der Waals surface area contributed by atoms with Crippen LogP contribution in [-0.4, -0.2) is 16.2 Å². The van der Waals surface area contributed by atoms with Crippen molar-refractivity contribution >= 4 is 5.91 Å². The lowest BCUT2D eigenvalue weighted by Crippen LogP contribution is -2.23. The third kappa shape index (κ3) is 3.49. The van der Waals surface area contributed by atoms with Gasteiger partial charge in [-0.05, 0) is 35.4 Å². The van der Waals surface area contributed by atoms with Crippen LogP contribution in [0.4, 0.5) is 4.39 Å². The number of nitrogens with zero attached hydrogens (tertiary/aromatic N) is 1. The lowest BCUT2D eigenvalue weighted by atomic mass is 10.1. The Balaban J connectivity index is 1.69. The Bertz CT molecular complexity index is 843. The molecule has 24 heavy (non-hydrogen) atoms. The molecule has 0 atom stereocenters. The van der Waals surface area contributed by atoms with Gasteiger partial charge in [0, 0.05) is 18.2 Å². The second-order valence-corrected chi connectivity index (χ2v) is 5.19. The van der Waals surface area contributed by atoms with Gasteiger partial charge in [0.05, 0.1) is 6.61 Å². The summed E-state index contributed by atoms with van der Waals surface area (Å²) in [7, 11) is 0. The van der Waals surface area contributed by atoms with Crippen LogP contribution in [0.25, 0.3) is 11.3 Å². The van der Waals surface area contributed by atoms with Gasteiger partial charge in [-0.2, -0.15) is 0 Å². The first-order chi connectivity index (χ1) is 11.7. The van der Waals surface area contributed by atoms with E-state index in [4.69, 9.17) is 4.52 Å². The maximum atomic E-state index is 12.9. The summed E-state index contributed by atoms with van der Waals surface area (Å²) >= 11 is 0. The predicted octanol–water partition coefficient (Wildman–Crippen LogP) is 2.90. The molecule has 0 aliphatic carbocycles. The molecular formula is C18H15FN2O3. The van der Waals surface area contributed by atoms with Crippen molar-refractivity contribution in [2.75, 3.05) is 0 Å². The third-order valence-electron chi connectivity index (χ3n) is 3.60. The maximum absolute atomic E-state index is 12.9. The number of hydrogen-bond donors (Lipinski definition) is 2. The number of benzene rings is 2. The SMILES string of the molecule is O=C(NCc1ccccc1CO)c1cc(-c2ccc(F)cc2)on1. The van der Waals surface area contributed by atoms with Crippen molar-refractivity contribution in [1.29, 1.82) is 0 Å². The maximum Gasteiger partial charge on any atom is 0.273 e. The van der Waals surface area contributed by atoms with Gasteiger partial charge in [0.25, 0.3) is 5.91 Å². The van der Waals surface area contributed by atoms with Crippen molar-refractivity contribution in [2.24, 2.45) is 0 Å². The second kappa shape index (κ2) is 7.06. The molecule has 6 heteroatoms. The highest BCUT2D eigenvalue weighted by Crippen LogP contribution is 2.20. The minimum absolute atomic E-state index is 0.0925. The van der Waals surface area contributed by atoms with E-state index in [-0.39, 0.29) is 30.6 Å². The molecule has 0 saturated heterocycles. The molecule has 3 rings (SSSR count). The molecule has 1 heterocycles. The highest BCUT2D eigenvalue weighted by molar-refractivity contribution is 5.93. The minimum Gasteiger partial charge on any atom is -0.392 e. The zero-order chi connectivity index (χ0) is 16.9. The van der Waals surface area contributed by atoms with Crippen LogP contribution < -0.4 is 5.32 Å². The standard InChI is InChI=1S/C18H15FN2O3/c19-15-7-5-12(6-8-15)17-9-16(21-24-17)18(23)20-10-13-3-1-2-4-14(13)11-22/h1-9,22H,10-11H2,(H,20,23). The molecule has 0 saturated carbocycles. The van der Waals surface area contributed by atoms with Crippen molar-refractivity contribution < 1.29 is 18.8 Å².